The van der Waals surface area contributed by atoms with Gasteiger partial charge in [0.2, 0.25) is 5.91 Å². The van der Waals surface area contributed by atoms with Crippen LogP contribution in [0.4, 0.5) is 10.1 Å². The quantitative estimate of drug-likeness (QED) is 0.834. The van der Waals surface area contributed by atoms with Crippen LogP contribution in [-0.2, 0) is 9.59 Å². The topological polar surface area (TPSA) is 69.2 Å². The summed E-state index contributed by atoms with van der Waals surface area (Å²) in [5, 5.41) is 13.8. The van der Waals surface area contributed by atoms with Crippen LogP contribution >= 0.6 is 0 Å². The molecule has 4 nitrogen and oxygen atoms in total. The lowest BCUT2D eigenvalue weighted by molar-refractivity contribution is -0.313. The van der Waals surface area contributed by atoms with Crippen molar-refractivity contribution in [3.63, 3.8) is 0 Å². The average Bonchev–Trinajstić information content (AvgIpc) is 2.98. The number of amides is 1. The van der Waals surface area contributed by atoms with Gasteiger partial charge in [-0.05, 0) is 36.5 Å². The molecule has 0 unspecified atom stereocenters. The molecule has 2 bridgehead atoms. The molecule has 5 heteroatoms. The highest BCUT2D eigenvalue weighted by molar-refractivity contribution is 5.96. The first-order valence-corrected chi connectivity index (χ1v) is 6.52. The monoisotopic (exact) mass is 274 g/mol. The van der Waals surface area contributed by atoms with Crippen molar-refractivity contribution < 1.29 is 19.1 Å². The minimum Gasteiger partial charge on any atom is -0.550 e. The summed E-state index contributed by atoms with van der Waals surface area (Å²) in [6.45, 7) is 0. The standard InChI is InChI=1S/C15H14FNO3/c16-10-2-1-3-11(7-10)17-14(18)12-8-4-5-9(6-8)13(12)15(19)20/h1-5,7-9,12-13H,6H2,(H,17,18)(H,19,20)/p-1/t8-,9+,12-,13+/m0/s1. The number of fused-ring (bicyclic) bond motifs is 2. The van der Waals surface area contributed by atoms with Gasteiger partial charge in [-0.2, -0.15) is 0 Å². The van der Waals surface area contributed by atoms with Gasteiger partial charge in [0.15, 0.2) is 0 Å². The Labute approximate surface area is 115 Å². The molecule has 3 rings (SSSR count). The highest BCUT2D eigenvalue weighted by Gasteiger charge is 2.48. The fourth-order valence-corrected chi connectivity index (χ4v) is 3.29. The van der Waals surface area contributed by atoms with Crippen molar-refractivity contribution in [2.45, 2.75) is 6.42 Å². The summed E-state index contributed by atoms with van der Waals surface area (Å²) in [7, 11) is 0. The first-order valence-electron chi connectivity index (χ1n) is 6.52. The molecule has 1 fully saturated rings. The van der Waals surface area contributed by atoms with E-state index in [1.807, 2.05) is 12.2 Å². The number of hydrogen-bond acceptors (Lipinski definition) is 3. The number of rotatable bonds is 3. The third-order valence-electron chi connectivity index (χ3n) is 4.13. The zero-order valence-corrected chi connectivity index (χ0v) is 10.6. The van der Waals surface area contributed by atoms with Crippen LogP contribution in [-0.4, -0.2) is 11.9 Å². The molecule has 4 atom stereocenters. The summed E-state index contributed by atoms with van der Waals surface area (Å²) < 4.78 is 13.1. The first-order chi connectivity index (χ1) is 9.56. The molecule has 1 amide bonds. The van der Waals surface area contributed by atoms with E-state index in [2.05, 4.69) is 5.32 Å². The SMILES string of the molecule is O=C(Nc1cccc(F)c1)[C@@H]1[C@H](C(=O)[O-])[C@@H]2C=C[C@H]1C2. The third kappa shape index (κ3) is 2.09. The molecule has 2 aliphatic carbocycles. The van der Waals surface area contributed by atoms with E-state index in [1.54, 1.807) is 6.07 Å². The average molecular weight is 274 g/mol. The highest BCUT2D eigenvalue weighted by Crippen LogP contribution is 2.48. The maximum atomic E-state index is 13.1. The lowest BCUT2D eigenvalue weighted by Crippen LogP contribution is -2.42. The van der Waals surface area contributed by atoms with E-state index in [0.29, 0.717) is 12.1 Å². The fourth-order valence-electron chi connectivity index (χ4n) is 3.29. The molecular weight excluding hydrogens is 261 g/mol. The van der Waals surface area contributed by atoms with Crippen LogP contribution < -0.4 is 10.4 Å². The predicted molar refractivity (Wildman–Crippen MR) is 67.8 cm³/mol. The van der Waals surface area contributed by atoms with E-state index in [0.717, 1.165) is 0 Å². The van der Waals surface area contributed by atoms with Gasteiger partial charge in [0.1, 0.15) is 5.82 Å². The van der Waals surface area contributed by atoms with E-state index in [4.69, 9.17) is 0 Å². The van der Waals surface area contributed by atoms with Crippen molar-refractivity contribution in [2.24, 2.45) is 23.7 Å². The number of benzene rings is 1. The number of carboxylic acids is 1. The highest BCUT2D eigenvalue weighted by atomic mass is 19.1. The number of hydrogen-bond donors (Lipinski definition) is 1. The second kappa shape index (κ2) is 4.74. The number of halogens is 1. The first kappa shape index (κ1) is 12.8. The molecule has 0 aromatic heterocycles. The van der Waals surface area contributed by atoms with E-state index in [9.17, 15) is 19.1 Å². The number of aliphatic carboxylic acids is 1. The largest absolute Gasteiger partial charge is 0.550 e. The van der Waals surface area contributed by atoms with Crippen LogP contribution in [0.15, 0.2) is 36.4 Å². The normalized spacial score (nSPS) is 30.4. The zero-order valence-electron chi connectivity index (χ0n) is 10.6. The maximum absolute atomic E-state index is 13.1. The second-order valence-electron chi connectivity index (χ2n) is 5.32. The number of allylic oxidation sites excluding steroid dienone is 2. The second-order valence-corrected chi connectivity index (χ2v) is 5.32. The van der Waals surface area contributed by atoms with Gasteiger partial charge in [0.05, 0.1) is 5.92 Å². The third-order valence-corrected chi connectivity index (χ3v) is 4.13. The molecule has 0 heterocycles. The van der Waals surface area contributed by atoms with Crippen LogP contribution in [0.2, 0.25) is 0 Å². The van der Waals surface area contributed by atoms with E-state index in [1.165, 1.54) is 18.2 Å². The van der Waals surface area contributed by atoms with E-state index < -0.39 is 23.6 Å². The van der Waals surface area contributed by atoms with Gasteiger partial charge in [-0.3, -0.25) is 4.79 Å². The van der Waals surface area contributed by atoms with Crippen LogP contribution in [0.5, 0.6) is 0 Å². The van der Waals surface area contributed by atoms with Crippen molar-refractivity contribution in [2.75, 3.05) is 5.32 Å². The summed E-state index contributed by atoms with van der Waals surface area (Å²) in [5.41, 5.74) is 0.332. The molecule has 1 aromatic rings. The molecule has 0 aliphatic heterocycles. The van der Waals surface area contributed by atoms with Gasteiger partial charge in [-0.15, -0.1) is 0 Å². The van der Waals surface area contributed by atoms with Crippen molar-refractivity contribution >= 4 is 17.6 Å². The Hall–Kier alpha value is -2.17. The Kier molecular flexibility index (Phi) is 3.04. The molecule has 0 radical (unpaired) electrons. The summed E-state index contributed by atoms with van der Waals surface area (Å²) in [6.07, 6.45) is 4.40. The number of nitrogens with one attached hydrogen (secondary N) is 1. The molecule has 20 heavy (non-hydrogen) atoms. The maximum Gasteiger partial charge on any atom is 0.228 e. The van der Waals surface area contributed by atoms with E-state index in [-0.39, 0.29) is 17.7 Å². The van der Waals surface area contributed by atoms with Crippen molar-refractivity contribution in [1.82, 2.24) is 0 Å². The van der Waals surface area contributed by atoms with Crippen molar-refractivity contribution in [1.29, 1.82) is 0 Å². The number of anilines is 1. The van der Waals surface area contributed by atoms with Crippen LogP contribution in [0.25, 0.3) is 0 Å². The van der Waals surface area contributed by atoms with Gasteiger partial charge in [-0.25, -0.2) is 4.39 Å². The van der Waals surface area contributed by atoms with Gasteiger partial charge in [-0.1, -0.05) is 18.2 Å². The van der Waals surface area contributed by atoms with Crippen LogP contribution in [0, 0.1) is 29.5 Å². The summed E-state index contributed by atoms with van der Waals surface area (Å²) >= 11 is 0. The Morgan fingerprint density at radius 2 is 1.90 bits per heavy atom. The molecule has 0 saturated heterocycles. The smallest absolute Gasteiger partial charge is 0.228 e. The molecule has 1 aromatic carbocycles. The van der Waals surface area contributed by atoms with Gasteiger partial charge >= 0.3 is 0 Å². The van der Waals surface area contributed by atoms with Crippen LogP contribution in [0.1, 0.15) is 6.42 Å². The van der Waals surface area contributed by atoms with Crippen molar-refractivity contribution in [3.05, 3.63) is 42.2 Å². The zero-order chi connectivity index (χ0) is 14.3. The fraction of sp³-hybridized carbons (Fsp3) is 0.333. The molecule has 2 aliphatic rings. The molecule has 1 saturated carbocycles. The molecule has 0 spiro atoms. The summed E-state index contributed by atoms with van der Waals surface area (Å²) in [6, 6.07) is 5.54. The van der Waals surface area contributed by atoms with Gasteiger partial charge in [0.25, 0.3) is 0 Å². The summed E-state index contributed by atoms with van der Waals surface area (Å²) in [4.78, 5) is 23.5. The molecule has 104 valence electrons. The van der Waals surface area contributed by atoms with E-state index >= 15 is 0 Å². The Balaban J connectivity index is 1.80. The predicted octanol–water partition coefficient (Wildman–Crippen LogP) is 0.952. The van der Waals surface area contributed by atoms with Crippen LogP contribution in [0.3, 0.4) is 0 Å². The minimum atomic E-state index is -1.19. The molecular formula is C15H13FNO3-. The number of carboxylic acid groups (broad SMARTS) is 1. The lowest BCUT2D eigenvalue weighted by Gasteiger charge is -2.27. The Morgan fingerprint density at radius 1 is 1.20 bits per heavy atom. The van der Waals surface area contributed by atoms with Gasteiger partial charge in [0, 0.05) is 17.6 Å². The summed E-state index contributed by atoms with van der Waals surface area (Å²) in [5.74, 6) is -3.67. The van der Waals surface area contributed by atoms with Crippen molar-refractivity contribution in [3.8, 4) is 0 Å². The minimum absolute atomic E-state index is 0.0727. The number of carbonyl (C=O) groups excluding carboxylic acids is 2. The Morgan fingerprint density at radius 3 is 2.55 bits per heavy atom. The lowest BCUT2D eigenvalue weighted by atomic mass is 9.82. The number of carbonyl (C=O) groups is 2. The molecule has 1 N–H and O–H groups in total. The van der Waals surface area contributed by atoms with Gasteiger partial charge < -0.3 is 15.2 Å². The Bertz CT molecular complexity index is 599.